The van der Waals surface area contributed by atoms with Crippen LogP contribution < -0.4 is 0 Å². The predicted molar refractivity (Wildman–Crippen MR) is 102 cm³/mol. The van der Waals surface area contributed by atoms with Gasteiger partial charge in [-0.25, -0.2) is 0 Å². The lowest BCUT2D eigenvalue weighted by molar-refractivity contribution is -0.113. The third kappa shape index (κ3) is 4.30. The van der Waals surface area contributed by atoms with Gasteiger partial charge in [0, 0.05) is 35.9 Å². The highest BCUT2D eigenvalue weighted by atomic mass is 16.1. The maximum atomic E-state index is 13.0. The summed E-state index contributed by atoms with van der Waals surface area (Å²) in [7, 11) is 0. The molecule has 0 amide bonds. The number of ketones is 1. The zero-order valence-corrected chi connectivity index (χ0v) is 15.1. The quantitative estimate of drug-likeness (QED) is 0.729. The lowest BCUT2D eigenvalue weighted by Gasteiger charge is -2.35. The van der Waals surface area contributed by atoms with E-state index in [9.17, 15) is 4.79 Å². The Balaban J connectivity index is 2.00. The van der Waals surface area contributed by atoms with Crippen LogP contribution in [0.15, 0.2) is 60.2 Å². The normalized spacial score (nSPS) is 21.7. The summed E-state index contributed by atoms with van der Waals surface area (Å²) in [5.74, 6) is 0.573. The molecule has 3 heteroatoms. The Morgan fingerprint density at radius 3 is 1.76 bits per heavy atom. The van der Waals surface area contributed by atoms with Crippen LogP contribution in [0.5, 0.6) is 0 Å². The summed E-state index contributed by atoms with van der Waals surface area (Å²) < 4.78 is 0. The number of pyridine rings is 2. The number of hydrogen-bond donors (Lipinski definition) is 0. The van der Waals surface area contributed by atoms with Gasteiger partial charge in [-0.1, -0.05) is 32.9 Å². The second kappa shape index (κ2) is 7.14. The number of Topliss-reactive ketones (excluding diaryl/α,β-unsaturated/α-hetero) is 1. The van der Waals surface area contributed by atoms with Gasteiger partial charge in [-0.05, 0) is 59.6 Å². The number of aromatic nitrogens is 2. The first-order chi connectivity index (χ1) is 11.9. The van der Waals surface area contributed by atoms with Crippen molar-refractivity contribution in [3.8, 4) is 0 Å². The molecule has 0 saturated heterocycles. The summed E-state index contributed by atoms with van der Waals surface area (Å²) in [6, 6.07) is 7.76. The van der Waals surface area contributed by atoms with Crippen molar-refractivity contribution in [1.29, 1.82) is 0 Å². The molecule has 0 bridgehead atoms. The maximum absolute atomic E-state index is 13.0. The fourth-order valence-corrected chi connectivity index (χ4v) is 3.18. The Morgan fingerprint density at radius 1 is 0.920 bits per heavy atom. The van der Waals surface area contributed by atoms with Crippen molar-refractivity contribution in [3.63, 3.8) is 0 Å². The Bertz CT molecular complexity index is 737. The van der Waals surface area contributed by atoms with Gasteiger partial charge in [0.1, 0.15) is 0 Å². The molecule has 3 nitrogen and oxygen atoms in total. The molecule has 0 spiro atoms. The van der Waals surface area contributed by atoms with Crippen molar-refractivity contribution < 1.29 is 4.79 Å². The molecule has 0 aliphatic heterocycles. The Kier molecular flexibility index (Phi) is 4.93. The van der Waals surface area contributed by atoms with Crippen molar-refractivity contribution in [2.75, 3.05) is 0 Å². The second-order valence-corrected chi connectivity index (χ2v) is 7.71. The van der Waals surface area contributed by atoms with Crippen molar-refractivity contribution in [1.82, 2.24) is 9.97 Å². The molecule has 1 unspecified atom stereocenters. The molecule has 3 rings (SSSR count). The molecule has 0 radical (unpaired) electrons. The van der Waals surface area contributed by atoms with E-state index in [1.54, 1.807) is 24.8 Å². The molecular weight excluding hydrogens is 308 g/mol. The SMILES string of the molecule is CC(C)(C)C1C/C(=C/c2cccnc2)C(=O)/C(=C/c2cccnc2)C1. The minimum absolute atomic E-state index is 0.142. The van der Waals surface area contributed by atoms with Crippen molar-refractivity contribution in [3.05, 3.63) is 71.3 Å². The van der Waals surface area contributed by atoms with E-state index >= 15 is 0 Å². The monoisotopic (exact) mass is 332 g/mol. The molecule has 0 aromatic carbocycles. The summed E-state index contributed by atoms with van der Waals surface area (Å²) in [4.78, 5) is 21.3. The van der Waals surface area contributed by atoms with E-state index < -0.39 is 0 Å². The van der Waals surface area contributed by atoms with Crippen LogP contribution in [-0.2, 0) is 4.79 Å². The molecule has 1 fully saturated rings. The molecule has 25 heavy (non-hydrogen) atoms. The van der Waals surface area contributed by atoms with E-state index in [2.05, 4.69) is 30.7 Å². The molecule has 2 aromatic rings. The lowest BCUT2D eigenvalue weighted by Crippen LogP contribution is -2.29. The Labute approximate surface area is 149 Å². The van der Waals surface area contributed by atoms with E-state index in [4.69, 9.17) is 0 Å². The number of allylic oxidation sites excluding steroid dienone is 2. The van der Waals surface area contributed by atoms with Gasteiger partial charge in [0.05, 0.1) is 0 Å². The van der Waals surface area contributed by atoms with Gasteiger partial charge in [-0.15, -0.1) is 0 Å². The number of carbonyl (C=O) groups is 1. The summed E-state index contributed by atoms with van der Waals surface area (Å²) in [5, 5.41) is 0. The molecule has 2 heterocycles. The molecule has 1 aliphatic rings. The third-order valence-electron chi connectivity index (χ3n) is 4.79. The number of nitrogens with zero attached hydrogens (tertiary/aromatic N) is 2. The van der Waals surface area contributed by atoms with Gasteiger partial charge >= 0.3 is 0 Å². The van der Waals surface area contributed by atoms with Crippen molar-refractivity contribution in [2.45, 2.75) is 33.6 Å². The Hall–Kier alpha value is -2.55. The highest BCUT2D eigenvalue weighted by molar-refractivity contribution is 6.14. The number of hydrogen-bond acceptors (Lipinski definition) is 3. The number of carbonyl (C=O) groups excluding carboxylic acids is 1. The van der Waals surface area contributed by atoms with Gasteiger partial charge in [-0.3, -0.25) is 14.8 Å². The predicted octanol–water partition coefficient (Wildman–Crippen LogP) is 4.97. The van der Waals surface area contributed by atoms with Gasteiger partial charge < -0.3 is 0 Å². The topological polar surface area (TPSA) is 42.9 Å². The molecule has 1 aliphatic carbocycles. The third-order valence-corrected chi connectivity index (χ3v) is 4.79. The summed E-state index contributed by atoms with van der Waals surface area (Å²) >= 11 is 0. The molecule has 128 valence electrons. The average Bonchev–Trinajstić information content (AvgIpc) is 2.59. The second-order valence-electron chi connectivity index (χ2n) is 7.71. The zero-order chi connectivity index (χ0) is 17.9. The van der Waals surface area contributed by atoms with E-state index in [-0.39, 0.29) is 11.2 Å². The molecule has 1 saturated carbocycles. The highest BCUT2D eigenvalue weighted by Gasteiger charge is 2.34. The molecule has 0 N–H and O–H groups in total. The molecular formula is C22H24N2O. The highest BCUT2D eigenvalue weighted by Crippen LogP contribution is 2.41. The Morgan fingerprint density at radius 2 is 1.40 bits per heavy atom. The van der Waals surface area contributed by atoms with Crippen LogP contribution in [0, 0.1) is 11.3 Å². The first-order valence-electron chi connectivity index (χ1n) is 8.69. The summed E-state index contributed by atoms with van der Waals surface area (Å²) in [6.07, 6.45) is 12.7. The standard InChI is InChI=1S/C22H24N2O/c1-22(2,3)20-12-18(10-16-6-4-8-23-14-16)21(25)19(13-20)11-17-7-5-9-24-15-17/h4-11,14-15,20H,12-13H2,1-3H3/b18-10-,19-11+. The van der Waals surface area contributed by atoms with Crippen LogP contribution in [-0.4, -0.2) is 15.8 Å². The molecule has 1 atom stereocenters. The summed E-state index contributed by atoms with van der Waals surface area (Å²) in [6.45, 7) is 6.74. The van der Waals surface area contributed by atoms with E-state index in [1.165, 1.54) is 0 Å². The lowest BCUT2D eigenvalue weighted by atomic mass is 9.68. The van der Waals surface area contributed by atoms with Gasteiger partial charge in [0.2, 0.25) is 0 Å². The van der Waals surface area contributed by atoms with Crippen LogP contribution in [0.25, 0.3) is 12.2 Å². The van der Waals surface area contributed by atoms with E-state index in [0.29, 0.717) is 5.92 Å². The first kappa shape index (κ1) is 17.3. The van der Waals surface area contributed by atoms with E-state index in [1.807, 2.05) is 36.4 Å². The zero-order valence-electron chi connectivity index (χ0n) is 15.1. The fourth-order valence-electron chi connectivity index (χ4n) is 3.18. The maximum Gasteiger partial charge on any atom is 0.185 e. The van der Waals surface area contributed by atoms with Crippen LogP contribution in [0.2, 0.25) is 0 Å². The van der Waals surface area contributed by atoms with Gasteiger partial charge in [0.25, 0.3) is 0 Å². The molecule has 2 aromatic heterocycles. The van der Waals surface area contributed by atoms with Crippen molar-refractivity contribution in [2.24, 2.45) is 11.3 Å². The largest absolute Gasteiger partial charge is 0.289 e. The van der Waals surface area contributed by atoms with Crippen LogP contribution in [0.4, 0.5) is 0 Å². The van der Waals surface area contributed by atoms with Gasteiger partial charge in [0.15, 0.2) is 5.78 Å². The van der Waals surface area contributed by atoms with Crippen LogP contribution >= 0.6 is 0 Å². The summed E-state index contributed by atoms with van der Waals surface area (Å²) in [5.41, 5.74) is 3.83. The van der Waals surface area contributed by atoms with Crippen LogP contribution in [0.1, 0.15) is 44.7 Å². The van der Waals surface area contributed by atoms with Gasteiger partial charge in [-0.2, -0.15) is 0 Å². The average molecular weight is 332 g/mol. The first-order valence-corrected chi connectivity index (χ1v) is 8.69. The van der Waals surface area contributed by atoms with E-state index in [0.717, 1.165) is 35.1 Å². The minimum atomic E-state index is 0.142. The minimum Gasteiger partial charge on any atom is -0.289 e. The van der Waals surface area contributed by atoms with Crippen molar-refractivity contribution >= 4 is 17.9 Å². The fraction of sp³-hybridized carbons (Fsp3) is 0.318. The van der Waals surface area contributed by atoms with Crippen LogP contribution in [0.3, 0.4) is 0 Å². The number of rotatable bonds is 2. The smallest absolute Gasteiger partial charge is 0.185 e.